The molecule has 0 unspecified atom stereocenters. The highest BCUT2D eigenvalue weighted by atomic mass is 16.3. The fraction of sp³-hybridized carbons (Fsp3) is 0.435. The van der Waals surface area contributed by atoms with Gasteiger partial charge >= 0.3 is 0 Å². The van der Waals surface area contributed by atoms with E-state index in [9.17, 15) is 14.4 Å². The maximum Gasteiger partial charge on any atom is 0.287 e. The molecule has 3 rings (SSSR count). The highest BCUT2D eigenvalue weighted by molar-refractivity contribution is 5.94. The maximum atomic E-state index is 12.4. The number of nitrogens with zero attached hydrogens (tertiary/aromatic N) is 2. The fourth-order valence-electron chi connectivity index (χ4n) is 3.43. The van der Waals surface area contributed by atoms with Crippen LogP contribution in [0.15, 0.2) is 47.1 Å². The Bertz CT molecular complexity index is 869. The van der Waals surface area contributed by atoms with E-state index in [1.165, 1.54) is 23.5 Å². The molecule has 8 heteroatoms. The summed E-state index contributed by atoms with van der Waals surface area (Å²) in [7, 11) is 0. The van der Waals surface area contributed by atoms with Crippen molar-refractivity contribution in [1.29, 1.82) is 0 Å². The smallest absolute Gasteiger partial charge is 0.287 e. The van der Waals surface area contributed by atoms with Crippen LogP contribution in [0.5, 0.6) is 0 Å². The van der Waals surface area contributed by atoms with E-state index in [1.54, 1.807) is 11.0 Å². The molecule has 2 aromatic rings. The Morgan fingerprint density at radius 3 is 2.29 bits per heavy atom. The number of hydrogen-bond acceptors (Lipinski definition) is 5. The molecule has 0 atom stereocenters. The van der Waals surface area contributed by atoms with Gasteiger partial charge in [-0.2, -0.15) is 0 Å². The van der Waals surface area contributed by atoms with Crippen LogP contribution in [0.1, 0.15) is 41.4 Å². The Balaban J connectivity index is 1.34. The lowest BCUT2D eigenvalue weighted by Gasteiger charge is -2.34. The van der Waals surface area contributed by atoms with Crippen molar-refractivity contribution in [2.75, 3.05) is 39.3 Å². The zero-order valence-electron chi connectivity index (χ0n) is 18.1. The first kappa shape index (κ1) is 22.6. The second kappa shape index (κ2) is 10.8. The molecule has 1 aromatic heterocycles. The van der Waals surface area contributed by atoms with Gasteiger partial charge < -0.3 is 20.0 Å². The Kier molecular flexibility index (Phi) is 7.83. The molecule has 0 aliphatic carbocycles. The molecule has 1 fully saturated rings. The Labute approximate surface area is 182 Å². The summed E-state index contributed by atoms with van der Waals surface area (Å²) in [6.07, 6.45) is 1.38. The Hall–Kier alpha value is -3.13. The zero-order chi connectivity index (χ0) is 22.2. The largest absolute Gasteiger partial charge is 0.459 e. The minimum Gasteiger partial charge on any atom is -0.459 e. The number of carbonyl (C=O) groups is 3. The summed E-state index contributed by atoms with van der Waals surface area (Å²) >= 11 is 0. The quantitative estimate of drug-likeness (QED) is 0.669. The van der Waals surface area contributed by atoms with E-state index in [0.29, 0.717) is 19.0 Å². The van der Waals surface area contributed by atoms with Crippen molar-refractivity contribution in [3.63, 3.8) is 0 Å². The highest BCUT2D eigenvalue weighted by Gasteiger charge is 2.21. The SMILES string of the molecule is CC(C)c1ccc(CN2CCN(C(=O)CNC(=O)CNC(=O)c3ccco3)CC2)cc1. The standard InChI is InChI=1S/C23H30N4O4/c1-17(2)19-7-5-18(6-8-19)16-26-9-11-27(12-10-26)22(29)15-24-21(28)14-25-23(30)20-4-3-13-31-20/h3-8,13,17H,9-12,14-16H2,1-2H3,(H,24,28)(H,25,30). The predicted octanol–water partition coefficient (Wildman–Crippen LogP) is 1.59. The van der Waals surface area contributed by atoms with E-state index < -0.39 is 11.8 Å². The minimum atomic E-state index is -0.471. The number of rotatable bonds is 8. The third-order valence-electron chi connectivity index (χ3n) is 5.37. The number of nitrogens with one attached hydrogen (secondary N) is 2. The van der Waals surface area contributed by atoms with Crippen LogP contribution in [0.2, 0.25) is 0 Å². The van der Waals surface area contributed by atoms with E-state index >= 15 is 0 Å². The van der Waals surface area contributed by atoms with Crippen molar-refractivity contribution in [2.24, 2.45) is 0 Å². The van der Waals surface area contributed by atoms with Crippen molar-refractivity contribution in [1.82, 2.24) is 20.4 Å². The zero-order valence-corrected chi connectivity index (χ0v) is 18.1. The molecule has 2 heterocycles. The molecular weight excluding hydrogens is 396 g/mol. The molecule has 31 heavy (non-hydrogen) atoms. The normalized spacial score (nSPS) is 14.5. The summed E-state index contributed by atoms with van der Waals surface area (Å²) in [5.74, 6) is -0.348. The molecule has 3 amide bonds. The van der Waals surface area contributed by atoms with Gasteiger partial charge in [0.25, 0.3) is 5.91 Å². The van der Waals surface area contributed by atoms with Crippen molar-refractivity contribution in [3.05, 3.63) is 59.5 Å². The van der Waals surface area contributed by atoms with Gasteiger partial charge in [0.2, 0.25) is 11.8 Å². The molecule has 0 bridgehead atoms. The van der Waals surface area contributed by atoms with Gasteiger partial charge in [-0.15, -0.1) is 0 Å². The van der Waals surface area contributed by atoms with Crippen LogP contribution in [0.3, 0.4) is 0 Å². The minimum absolute atomic E-state index is 0.0773. The number of amides is 3. The van der Waals surface area contributed by atoms with E-state index in [2.05, 4.69) is 53.6 Å². The van der Waals surface area contributed by atoms with Crippen LogP contribution in [-0.2, 0) is 16.1 Å². The Morgan fingerprint density at radius 2 is 1.68 bits per heavy atom. The molecule has 0 radical (unpaired) electrons. The maximum absolute atomic E-state index is 12.4. The van der Waals surface area contributed by atoms with Gasteiger partial charge in [0.05, 0.1) is 19.4 Å². The average Bonchev–Trinajstić information content (AvgIpc) is 3.32. The van der Waals surface area contributed by atoms with Gasteiger partial charge in [-0.3, -0.25) is 19.3 Å². The molecule has 1 aromatic carbocycles. The fourth-order valence-corrected chi connectivity index (χ4v) is 3.43. The second-order valence-corrected chi connectivity index (χ2v) is 7.99. The number of carbonyl (C=O) groups excluding carboxylic acids is 3. The van der Waals surface area contributed by atoms with E-state index in [0.717, 1.165) is 19.6 Å². The van der Waals surface area contributed by atoms with E-state index in [4.69, 9.17) is 4.42 Å². The van der Waals surface area contributed by atoms with E-state index in [-0.39, 0.29) is 24.8 Å². The molecule has 0 spiro atoms. The van der Waals surface area contributed by atoms with Gasteiger partial charge in [-0.25, -0.2) is 0 Å². The van der Waals surface area contributed by atoms with Gasteiger partial charge in [-0.1, -0.05) is 38.1 Å². The Morgan fingerprint density at radius 1 is 0.968 bits per heavy atom. The molecular formula is C23H30N4O4. The lowest BCUT2D eigenvalue weighted by molar-refractivity contribution is -0.134. The van der Waals surface area contributed by atoms with Gasteiger partial charge in [0.1, 0.15) is 0 Å². The average molecular weight is 427 g/mol. The van der Waals surface area contributed by atoms with Crippen molar-refractivity contribution in [3.8, 4) is 0 Å². The monoisotopic (exact) mass is 426 g/mol. The number of hydrogen-bond donors (Lipinski definition) is 2. The molecule has 1 saturated heterocycles. The van der Waals surface area contributed by atoms with Gasteiger partial charge in [-0.05, 0) is 29.2 Å². The number of furan rings is 1. The molecule has 166 valence electrons. The van der Waals surface area contributed by atoms with Crippen LogP contribution < -0.4 is 10.6 Å². The summed E-state index contributed by atoms with van der Waals surface area (Å²) < 4.78 is 4.96. The van der Waals surface area contributed by atoms with Crippen LogP contribution in [0.4, 0.5) is 0 Å². The summed E-state index contributed by atoms with van der Waals surface area (Å²) in [5.41, 5.74) is 2.61. The molecule has 8 nitrogen and oxygen atoms in total. The third-order valence-corrected chi connectivity index (χ3v) is 5.37. The lowest BCUT2D eigenvalue weighted by Crippen LogP contribution is -2.51. The first-order valence-electron chi connectivity index (χ1n) is 10.6. The van der Waals surface area contributed by atoms with Crippen molar-refractivity contribution < 1.29 is 18.8 Å². The number of piperazine rings is 1. The topological polar surface area (TPSA) is 94.9 Å². The number of benzene rings is 1. The highest BCUT2D eigenvalue weighted by Crippen LogP contribution is 2.16. The molecule has 1 aliphatic rings. The predicted molar refractivity (Wildman–Crippen MR) is 116 cm³/mol. The van der Waals surface area contributed by atoms with Crippen LogP contribution in [0, 0.1) is 0 Å². The van der Waals surface area contributed by atoms with E-state index in [1.807, 2.05) is 0 Å². The molecule has 1 aliphatic heterocycles. The first-order valence-corrected chi connectivity index (χ1v) is 10.6. The lowest BCUT2D eigenvalue weighted by atomic mass is 10.0. The van der Waals surface area contributed by atoms with Crippen LogP contribution >= 0.6 is 0 Å². The molecule has 2 N–H and O–H groups in total. The molecule has 0 saturated carbocycles. The summed E-state index contributed by atoms with van der Waals surface area (Å²) in [5, 5.41) is 5.01. The van der Waals surface area contributed by atoms with Crippen molar-refractivity contribution in [2.45, 2.75) is 26.3 Å². The second-order valence-electron chi connectivity index (χ2n) is 7.99. The first-order chi connectivity index (χ1) is 14.9. The summed E-state index contributed by atoms with van der Waals surface area (Å²) in [6, 6.07) is 11.8. The summed E-state index contributed by atoms with van der Waals surface area (Å²) in [4.78, 5) is 40.1. The van der Waals surface area contributed by atoms with Crippen LogP contribution in [-0.4, -0.2) is 66.8 Å². The summed E-state index contributed by atoms with van der Waals surface area (Å²) in [6.45, 7) is 7.81. The van der Waals surface area contributed by atoms with Crippen molar-refractivity contribution >= 4 is 17.7 Å². The van der Waals surface area contributed by atoms with Gasteiger partial charge in [0.15, 0.2) is 5.76 Å². The third kappa shape index (κ3) is 6.68. The van der Waals surface area contributed by atoms with Crippen LogP contribution in [0.25, 0.3) is 0 Å². The van der Waals surface area contributed by atoms with Gasteiger partial charge in [0, 0.05) is 32.7 Å².